The van der Waals surface area contributed by atoms with Gasteiger partial charge in [0.05, 0.1) is 21.2 Å². The second-order valence-corrected chi connectivity index (χ2v) is 4.99. The van der Waals surface area contributed by atoms with Crippen LogP contribution < -0.4 is 5.43 Å². The van der Waals surface area contributed by atoms with E-state index in [1.807, 2.05) is 0 Å². The predicted octanol–water partition coefficient (Wildman–Crippen LogP) is 3.67. The van der Waals surface area contributed by atoms with Crippen molar-refractivity contribution in [2.75, 3.05) is 0 Å². The van der Waals surface area contributed by atoms with E-state index < -0.39 is 10.8 Å². The lowest BCUT2D eigenvalue weighted by atomic mass is 10.2. The zero-order valence-corrected chi connectivity index (χ0v) is 12.5. The second-order valence-electron chi connectivity index (χ2n) is 4.18. The fraction of sp³-hybridized carbons (Fsp3) is 0. The third kappa shape index (κ3) is 4.03. The number of benzene rings is 2. The molecule has 0 heterocycles. The van der Waals surface area contributed by atoms with Gasteiger partial charge in [0.15, 0.2) is 0 Å². The number of hydrogen-bond acceptors (Lipinski definition) is 4. The van der Waals surface area contributed by atoms with Crippen LogP contribution in [-0.4, -0.2) is 17.0 Å². The molecule has 112 valence electrons. The fourth-order valence-corrected chi connectivity index (χ4v) is 1.85. The van der Waals surface area contributed by atoms with E-state index >= 15 is 0 Å². The number of non-ortho nitro benzene ring substituents is 1. The first-order chi connectivity index (χ1) is 10.5. The second kappa shape index (κ2) is 7.02. The van der Waals surface area contributed by atoms with Gasteiger partial charge in [-0.05, 0) is 35.9 Å². The number of hydrogen-bond donors (Lipinski definition) is 1. The van der Waals surface area contributed by atoms with Crippen LogP contribution in [0.15, 0.2) is 47.6 Å². The molecule has 1 amide bonds. The molecule has 0 saturated carbocycles. The Morgan fingerprint density at radius 2 is 1.82 bits per heavy atom. The number of rotatable bonds is 4. The summed E-state index contributed by atoms with van der Waals surface area (Å²) in [5.74, 6) is -0.447. The lowest BCUT2D eigenvalue weighted by Gasteiger charge is -2.01. The van der Waals surface area contributed by atoms with Crippen molar-refractivity contribution >= 4 is 41.0 Å². The van der Waals surface area contributed by atoms with E-state index in [2.05, 4.69) is 10.5 Å². The van der Waals surface area contributed by atoms with E-state index in [4.69, 9.17) is 23.2 Å². The van der Waals surface area contributed by atoms with E-state index in [1.165, 1.54) is 48.7 Å². The summed E-state index contributed by atoms with van der Waals surface area (Å²) in [5.41, 5.74) is 3.24. The van der Waals surface area contributed by atoms with Gasteiger partial charge in [0.1, 0.15) is 0 Å². The van der Waals surface area contributed by atoms with Crippen molar-refractivity contribution in [2.24, 2.45) is 5.10 Å². The standard InChI is InChI=1S/C14H9Cl2N3O3/c15-12-6-3-10(7-13(12)16)14(20)18-17-8-9-1-4-11(5-2-9)19(21)22/h1-8H,(H,18,20). The van der Waals surface area contributed by atoms with E-state index in [9.17, 15) is 14.9 Å². The Hall–Kier alpha value is -2.44. The molecule has 2 rings (SSSR count). The molecule has 1 N–H and O–H groups in total. The maximum Gasteiger partial charge on any atom is 0.271 e. The summed E-state index contributed by atoms with van der Waals surface area (Å²) < 4.78 is 0. The van der Waals surface area contributed by atoms with Crippen LogP contribution in [-0.2, 0) is 0 Å². The topological polar surface area (TPSA) is 84.6 Å². The Kier molecular flexibility index (Phi) is 5.08. The maximum absolute atomic E-state index is 11.8. The first-order valence-electron chi connectivity index (χ1n) is 6.00. The Morgan fingerprint density at radius 3 is 2.41 bits per heavy atom. The molecule has 2 aromatic rings. The molecule has 0 bridgehead atoms. The molecule has 0 spiro atoms. The molecule has 0 saturated heterocycles. The van der Waals surface area contributed by atoms with Crippen LogP contribution in [0.1, 0.15) is 15.9 Å². The molecule has 0 unspecified atom stereocenters. The molecule has 0 radical (unpaired) electrons. The van der Waals surface area contributed by atoms with Crippen LogP contribution in [0.25, 0.3) is 0 Å². The van der Waals surface area contributed by atoms with Crippen molar-refractivity contribution < 1.29 is 9.72 Å². The van der Waals surface area contributed by atoms with Crippen molar-refractivity contribution in [1.29, 1.82) is 0 Å². The summed E-state index contributed by atoms with van der Waals surface area (Å²) in [6.07, 6.45) is 1.37. The lowest BCUT2D eigenvalue weighted by Crippen LogP contribution is -2.17. The SMILES string of the molecule is O=C(NN=Cc1ccc([N+](=O)[O-])cc1)c1ccc(Cl)c(Cl)c1. The molecule has 0 aliphatic carbocycles. The summed E-state index contributed by atoms with van der Waals surface area (Å²) in [4.78, 5) is 21.9. The number of nitro benzene ring substituents is 1. The molecule has 22 heavy (non-hydrogen) atoms. The minimum absolute atomic E-state index is 0.0167. The summed E-state index contributed by atoms with van der Waals surface area (Å²) >= 11 is 11.6. The molecular formula is C14H9Cl2N3O3. The zero-order chi connectivity index (χ0) is 16.1. The largest absolute Gasteiger partial charge is 0.271 e. The highest BCUT2D eigenvalue weighted by atomic mass is 35.5. The van der Waals surface area contributed by atoms with Gasteiger partial charge in [-0.25, -0.2) is 5.43 Å². The van der Waals surface area contributed by atoms with Crippen molar-refractivity contribution in [3.63, 3.8) is 0 Å². The molecular weight excluding hydrogens is 329 g/mol. The first-order valence-corrected chi connectivity index (χ1v) is 6.76. The minimum atomic E-state index is -0.493. The normalized spacial score (nSPS) is 10.6. The highest BCUT2D eigenvalue weighted by Crippen LogP contribution is 2.22. The van der Waals surface area contributed by atoms with Gasteiger partial charge in [-0.1, -0.05) is 23.2 Å². The average Bonchev–Trinajstić information content (AvgIpc) is 2.50. The lowest BCUT2D eigenvalue weighted by molar-refractivity contribution is -0.384. The number of nitrogens with one attached hydrogen (secondary N) is 1. The van der Waals surface area contributed by atoms with Gasteiger partial charge in [-0.3, -0.25) is 14.9 Å². The summed E-state index contributed by atoms with van der Waals surface area (Å²) in [6, 6.07) is 10.2. The first kappa shape index (κ1) is 15.9. The quantitative estimate of drug-likeness (QED) is 0.524. The predicted molar refractivity (Wildman–Crippen MR) is 84.6 cm³/mol. The van der Waals surface area contributed by atoms with E-state index in [1.54, 1.807) is 0 Å². The Morgan fingerprint density at radius 1 is 1.14 bits per heavy atom. The molecule has 0 aromatic heterocycles. The third-order valence-electron chi connectivity index (χ3n) is 2.67. The van der Waals surface area contributed by atoms with Crippen molar-refractivity contribution in [3.8, 4) is 0 Å². The zero-order valence-electron chi connectivity index (χ0n) is 11.0. The van der Waals surface area contributed by atoms with Crippen LogP contribution in [0.5, 0.6) is 0 Å². The van der Waals surface area contributed by atoms with E-state index in [0.29, 0.717) is 16.1 Å². The Labute approximate surface area is 135 Å². The van der Waals surface area contributed by atoms with Crippen LogP contribution in [0.3, 0.4) is 0 Å². The van der Waals surface area contributed by atoms with Gasteiger partial charge in [0, 0.05) is 17.7 Å². The molecule has 6 nitrogen and oxygen atoms in total. The number of amides is 1. The molecule has 0 aliphatic heterocycles. The number of halogens is 2. The van der Waals surface area contributed by atoms with Gasteiger partial charge in [0.25, 0.3) is 11.6 Å². The van der Waals surface area contributed by atoms with Crippen LogP contribution in [0.4, 0.5) is 5.69 Å². The average molecular weight is 338 g/mol. The van der Waals surface area contributed by atoms with Gasteiger partial charge >= 0.3 is 0 Å². The highest BCUT2D eigenvalue weighted by Gasteiger charge is 2.07. The Balaban J connectivity index is 2.00. The minimum Gasteiger partial charge on any atom is -0.267 e. The third-order valence-corrected chi connectivity index (χ3v) is 3.40. The van der Waals surface area contributed by atoms with E-state index in [-0.39, 0.29) is 10.7 Å². The van der Waals surface area contributed by atoms with Crippen molar-refractivity contribution in [3.05, 3.63) is 73.8 Å². The molecule has 2 aromatic carbocycles. The van der Waals surface area contributed by atoms with Gasteiger partial charge < -0.3 is 0 Å². The number of carbonyl (C=O) groups is 1. The monoisotopic (exact) mass is 337 g/mol. The van der Waals surface area contributed by atoms with E-state index in [0.717, 1.165) is 0 Å². The smallest absolute Gasteiger partial charge is 0.267 e. The van der Waals surface area contributed by atoms with Crippen molar-refractivity contribution in [1.82, 2.24) is 5.43 Å². The van der Waals surface area contributed by atoms with Crippen LogP contribution >= 0.6 is 23.2 Å². The molecule has 0 atom stereocenters. The summed E-state index contributed by atoms with van der Waals surface area (Å²) in [7, 11) is 0. The van der Waals surface area contributed by atoms with Crippen LogP contribution in [0, 0.1) is 10.1 Å². The fourth-order valence-electron chi connectivity index (χ4n) is 1.55. The maximum atomic E-state index is 11.8. The molecule has 0 fully saturated rings. The Bertz CT molecular complexity index is 745. The number of nitro groups is 1. The van der Waals surface area contributed by atoms with Crippen molar-refractivity contribution in [2.45, 2.75) is 0 Å². The number of carbonyl (C=O) groups excluding carboxylic acids is 1. The molecule has 8 heteroatoms. The van der Waals surface area contributed by atoms with Gasteiger partial charge in [-0.2, -0.15) is 5.10 Å². The summed E-state index contributed by atoms with van der Waals surface area (Å²) in [6.45, 7) is 0. The number of nitrogens with zero attached hydrogens (tertiary/aromatic N) is 2. The highest BCUT2D eigenvalue weighted by molar-refractivity contribution is 6.42. The molecule has 0 aliphatic rings. The number of hydrazone groups is 1. The van der Waals surface area contributed by atoms with Crippen LogP contribution in [0.2, 0.25) is 10.0 Å². The van der Waals surface area contributed by atoms with Gasteiger partial charge in [0.2, 0.25) is 0 Å². The summed E-state index contributed by atoms with van der Waals surface area (Å²) in [5, 5.41) is 14.9. The van der Waals surface area contributed by atoms with Gasteiger partial charge in [-0.15, -0.1) is 0 Å².